The highest BCUT2D eigenvalue weighted by Gasteiger charge is 2.16. The number of ether oxygens (including phenoxy) is 1. The van der Waals surface area contributed by atoms with Crippen LogP contribution in [0.3, 0.4) is 0 Å². The zero-order chi connectivity index (χ0) is 19.7. The predicted molar refractivity (Wildman–Crippen MR) is 107 cm³/mol. The van der Waals surface area contributed by atoms with Crippen molar-refractivity contribution in [2.24, 2.45) is 0 Å². The van der Waals surface area contributed by atoms with Crippen LogP contribution in [0.5, 0.6) is 5.75 Å². The predicted octanol–water partition coefficient (Wildman–Crippen LogP) is 5.77. The van der Waals surface area contributed by atoms with Crippen LogP contribution >= 0.6 is 23.2 Å². The molecule has 0 spiro atoms. The molecule has 0 aliphatic heterocycles. The monoisotopic (exact) mass is 415 g/mol. The topological polar surface area (TPSA) is 87.3 Å². The van der Waals surface area contributed by atoms with Crippen LogP contribution in [0.2, 0.25) is 10.0 Å². The lowest BCUT2D eigenvalue weighted by molar-refractivity contribution is 0.270. The summed E-state index contributed by atoms with van der Waals surface area (Å²) in [4.78, 5) is 4.40. The fourth-order valence-electron chi connectivity index (χ4n) is 2.64. The third-order valence-corrected chi connectivity index (χ3v) is 4.71. The third-order valence-electron chi connectivity index (χ3n) is 4.18. The van der Waals surface area contributed by atoms with Crippen LogP contribution in [0.15, 0.2) is 57.5 Å². The van der Waals surface area contributed by atoms with Gasteiger partial charge in [-0.2, -0.15) is 4.98 Å². The number of nitrogens with zero attached hydrogens (tertiary/aromatic N) is 2. The van der Waals surface area contributed by atoms with Crippen LogP contribution in [0.4, 0.5) is 5.69 Å². The molecule has 0 unspecified atom stereocenters. The van der Waals surface area contributed by atoms with Gasteiger partial charge in [0.25, 0.3) is 5.89 Å². The van der Waals surface area contributed by atoms with Gasteiger partial charge in [0.05, 0.1) is 5.02 Å². The van der Waals surface area contributed by atoms with Crippen molar-refractivity contribution in [3.8, 4) is 28.8 Å². The maximum absolute atomic E-state index is 6.10. The van der Waals surface area contributed by atoms with Crippen LogP contribution in [-0.4, -0.2) is 10.1 Å². The lowest BCUT2D eigenvalue weighted by atomic mass is 10.1. The van der Waals surface area contributed by atoms with E-state index < -0.39 is 0 Å². The van der Waals surface area contributed by atoms with Crippen LogP contribution < -0.4 is 10.5 Å². The quantitative estimate of drug-likeness (QED) is 0.416. The summed E-state index contributed by atoms with van der Waals surface area (Å²) in [5.41, 5.74) is 8.31. The summed E-state index contributed by atoms with van der Waals surface area (Å²) >= 11 is 12.0. The number of benzene rings is 2. The number of nitrogen functional groups attached to an aromatic ring is 1. The zero-order valence-electron chi connectivity index (χ0n) is 14.8. The number of furan rings is 1. The van der Waals surface area contributed by atoms with Crippen molar-refractivity contribution in [1.29, 1.82) is 0 Å². The number of halogens is 2. The van der Waals surface area contributed by atoms with Gasteiger partial charge in [-0.05, 0) is 48.9 Å². The lowest BCUT2D eigenvalue weighted by Gasteiger charge is -2.06. The summed E-state index contributed by atoms with van der Waals surface area (Å²) in [7, 11) is 0. The molecule has 28 heavy (non-hydrogen) atoms. The Bertz CT molecular complexity index is 1140. The van der Waals surface area contributed by atoms with Crippen molar-refractivity contribution in [2.45, 2.75) is 13.5 Å². The van der Waals surface area contributed by atoms with E-state index in [2.05, 4.69) is 10.1 Å². The van der Waals surface area contributed by atoms with Crippen LogP contribution in [0.1, 0.15) is 11.3 Å². The third kappa shape index (κ3) is 3.69. The average molecular weight is 416 g/mol. The molecular weight excluding hydrogens is 401 g/mol. The zero-order valence-corrected chi connectivity index (χ0v) is 16.3. The first-order chi connectivity index (χ1) is 13.5. The number of aromatic nitrogens is 2. The van der Waals surface area contributed by atoms with Crippen molar-refractivity contribution < 1.29 is 13.7 Å². The Hall–Kier alpha value is -2.96. The van der Waals surface area contributed by atoms with Gasteiger partial charge in [-0.15, -0.1) is 0 Å². The van der Waals surface area contributed by atoms with Crippen molar-refractivity contribution in [3.63, 3.8) is 0 Å². The SMILES string of the molecule is Cc1c(N)cccc1-c1noc(-c2ccc(COc3ccc(Cl)cc3Cl)o2)n1. The van der Waals surface area contributed by atoms with Gasteiger partial charge in [0, 0.05) is 16.3 Å². The van der Waals surface area contributed by atoms with Gasteiger partial charge >= 0.3 is 0 Å². The molecule has 6 nitrogen and oxygen atoms in total. The lowest BCUT2D eigenvalue weighted by Crippen LogP contribution is -1.94. The minimum Gasteiger partial charge on any atom is -0.484 e. The van der Waals surface area contributed by atoms with E-state index in [0.717, 1.165) is 11.1 Å². The van der Waals surface area contributed by atoms with Gasteiger partial charge < -0.3 is 19.4 Å². The first-order valence-corrected chi connectivity index (χ1v) is 9.13. The molecule has 2 aromatic heterocycles. The molecule has 0 atom stereocenters. The van der Waals surface area contributed by atoms with Crippen LogP contribution in [0.25, 0.3) is 23.0 Å². The Labute approximate surface area is 170 Å². The van der Waals surface area contributed by atoms with Gasteiger partial charge in [-0.3, -0.25) is 0 Å². The highest BCUT2D eigenvalue weighted by atomic mass is 35.5. The highest BCUT2D eigenvalue weighted by molar-refractivity contribution is 6.35. The summed E-state index contributed by atoms with van der Waals surface area (Å²) in [6.45, 7) is 2.10. The largest absolute Gasteiger partial charge is 0.484 e. The van der Waals surface area contributed by atoms with Gasteiger partial charge in [-0.25, -0.2) is 0 Å². The van der Waals surface area contributed by atoms with Crippen molar-refractivity contribution in [3.05, 3.63) is 69.9 Å². The Kier molecular flexibility index (Phi) is 4.98. The maximum Gasteiger partial charge on any atom is 0.293 e. The van der Waals surface area contributed by atoms with E-state index in [9.17, 15) is 0 Å². The summed E-state index contributed by atoms with van der Waals surface area (Å²) in [5.74, 6) is 2.26. The summed E-state index contributed by atoms with van der Waals surface area (Å²) < 4.78 is 16.7. The van der Waals surface area contributed by atoms with Gasteiger partial charge in [0.2, 0.25) is 5.82 Å². The molecule has 8 heteroatoms. The van der Waals surface area contributed by atoms with Crippen molar-refractivity contribution in [1.82, 2.24) is 10.1 Å². The molecule has 2 aromatic carbocycles. The normalized spacial score (nSPS) is 11.0. The van der Waals surface area contributed by atoms with E-state index in [1.807, 2.05) is 25.1 Å². The molecule has 4 aromatic rings. The van der Waals surface area contributed by atoms with Crippen molar-refractivity contribution in [2.75, 3.05) is 5.73 Å². The molecule has 142 valence electrons. The second kappa shape index (κ2) is 7.58. The standard InChI is InChI=1S/C20H15Cl2N3O3/c1-11-14(3-2-4-16(11)23)19-24-20(28-25-19)18-8-6-13(27-18)10-26-17-7-5-12(21)9-15(17)22/h2-9H,10,23H2,1H3. The molecule has 0 saturated carbocycles. The highest BCUT2D eigenvalue weighted by Crippen LogP contribution is 2.30. The molecular formula is C20H15Cl2N3O3. The molecule has 2 N–H and O–H groups in total. The van der Waals surface area contributed by atoms with E-state index in [1.165, 1.54) is 0 Å². The fraction of sp³-hybridized carbons (Fsp3) is 0.100. The molecule has 0 amide bonds. The van der Waals surface area contributed by atoms with Crippen LogP contribution in [0, 0.1) is 6.92 Å². The minimum atomic E-state index is 0.191. The summed E-state index contributed by atoms with van der Waals surface area (Å²) in [6, 6.07) is 14.1. The second-order valence-electron chi connectivity index (χ2n) is 6.07. The Morgan fingerprint density at radius 3 is 2.79 bits per heavy atom. The van der Waals surface area contributed by atoms with E-state index in [4.69, 9.17) is 42.6 Å². The fourth-order valence-corrected chi connectivity index (χ4v) is 3.10. The summed E-state index contributed by atoms with van der Waals surface area (Å²) in [6.07, 6.45) is 0. The number of anilines is 1. The Morgan fingerprint density at radius 1 is 1.11 bits per heavy atom. The van der Waals surface area contributed by atoms with Gasteiger partial charge in [0.1, 0.15) is 18.1 Å². The molecule has 0 bridgehead atoms. The molecule has 2 heterocycles. The Balaban J connectivity index is 1.50. The smallest absolute Gasteiger partial charge is 0.293 e. The number of hydrogen-bond donors (Lipinski definition) is 1. The summed E-state index contributed by atoms with van der Waals surface area (Å²) in [5, 5.41) is 5.00. The van der Waals surface area contributed by atoms with Gasteiger partial charge in [-0.1, -0.05) is 40.5 Å². The number of hydrogen-bond acceptors (Lipinski definition) is 6. The minimum absolute atomic E-state index is 0.191. The number of rotatable bonds is 5. The van der Waals surface area contributed by atoms with E-state index in [0.29, 0.717) is 38.8 Å². The molecule has 0 fully saturated rings. The van der Waals surface area contributed by atoms with Crippen LogP contribution in [-0.2, 0) is 6.61 Å². The first-order valence-electron chi connectivity index (χ1n) is 8.37. The average Bonchev–Trinajstić information content (AvgIpc) is 3.32. The second-order valence-corrected chi connectivity index (χ2v) is 6.92. The number of nitrogens with two attached hydrogens (primary N) is 1. The molecule has 0 aliphatic carbocycles. The maximum atomic E-state index is 6.10. The first kappa shape index (κ1) is 18.4. The van der Waals surface area contributed by atoms with E-state index >= 15 is 0 Å². The van der Waals surface area contributed by atoms with E-state index in [-0.39, 0.29) is 12.5 Å². The van der Waals surface area contributed by atoms with E-state index in [1.54, 1.807) is 30.3 Å². The molecule has 0 radical (unpaired) electrons. The van der Waals surface area contributed by atoms with Gasteiger partial charge in [0.15, 0.2) is 5.76 Å². The molecule has 4 rings (SSSR count). The molecule has 0 saturated heterocycles. The molecule has 0 aliphatic rings. The van der Waals surface area contributed by atoms with Crippen molar-refractivity contribution >= 4 is 28.9 Å². The Morgan fingerprint density at radius 2 is 1.96 bits per heavy atom.